The highest BCUT2D eigenvalue weighted by atomic mass is 19.1. The van der Waals surface area contributed by atoms with E-state index in [1.807, 2.05) is 49.1 Å². The summed E-state index contributed by atoms with van der Waals surface area (Å²) in [5.74, 6) is -2.11. The van der Waals surface area contributed by atoms with Crippen LogP contribution in [0.5, 0.6) is 0 Å². The van der Waals surface area contributed by atoms with E-state index >= 15 is 0 Å². The van der Waals surface area contributed by atoms with Gasteiger partial charge in [-0.15, -0.1) is 0 Å². The van der Waals surface area contributed by atoms with Crippen LogP contribution in [0.1, 0.15) is 43.7 Å². The van der Waals surface area contributed by atoms with Gasteiger partial charge in [0.2, 0.25) is 5.91 Å². The van der Waals surface area contributed by atoms with E-state index in [2.05, 4.69) is 4.90 Å². The lowest BCUT2D eigenvalue weighted by molar-refractivity contribution is -0.152. The fraction of sp³-hybridized carbons (Fsp3) is 0.519. The third-order valence-electron chi connectivity index (χ3n) is 8.13. The predicted octanol–water partition coefficient (Wildman–Crippen LogP) is 4.14. The number of amides is 1. The van der Waals surface area contributed by atoms with E-state index in [4.69, 9.17) is 0 Å². The molecule has 2 aromatic carbocycles. The molecule has 2 aromatic rings. The number of piperidine rings is 1. The fourth-order valence-corrected chi connectivity index (χ4v) is 6.13. The maximum Gasteiger partial charge on any atom is 0.227 e. The van der Waals surface area contributed by atoms with Gasteiger partial charge in [-0.25, -0.2) is 8.78 Å². The van der Waals surface area contributed by atoms with Gasteiger partial charge < -0.3 is 10.0 Å². The van der Waals surface area contributed by atoms with Crippen molar-refractivity contribution in [3.8, 4) is 0 Å². The molecule has 0 bridgehead atoms. The molecule has 4 nitrogen and oxygen atoms in total. The van der Waals surface area contributed by atoms with Gasteiger partial charge in [-0.3, -0.25) is 9.69 Å². The van der Waals surface area contributed by atoms with Crippen LogP contribution in [-0.2, 0) is 10.4 Å². The molecule has 0 unspecified atom stereocenters. The number of carbonyl (C=O) groups excluding carboxylic acids is 1. The van der Waals surface area contributed by atoms with Gasteiger partial charge in [-0.1, -0.05) is 50.2 Å². The fourth-order valence-electron chi connectivity index (χ4n) is 6.13. The van der Waals surface area contributed by atoms with Crippen LogP contribution in [0.3, 0.4) is 0 Å². The average Bonchev–Trinajstić information content (AvgIpc) is 3.56. The zero-order valence-electron chi connectivity index (χ0n) is 19.3. The van der Waals surface area contributed by atoms with Crippen LogP contribution in [-0.4, -0.2) is 53.0 Å². The molecule has 0 spiro atoms. The van der Waals surface area contributed by atoms with E-state index in [0.717, 1.165) is 24.5 Å². The summed E-state index contributed by atoms with van der Waals surface area (Å²) in [5.41, 5.74) is 0.303. The summed E-state index contributed by atoms with van der Waals surface area (Å²) < 4.78 is 28.3. The number of hydrogen-bond acceptors (Lipinski definition) is 3. The summed E-state index contributed by atoms with van der Waals surface area (Å²) in [7, 11) is 0. The third-order valence-corrected chi connectivity index (χ3v) is 8.13. The lowest BCUT2D eigenvalue weighted by Crippen LogP contribution is -2.57. The molecule has 5 atom stereocenters. The summed E-state index contributed by atoms with van der Waals surface area (Å²) in [6.07, 6.45) is 2.23. The van der Waals surface area contributed by atoms with Crippen molar-refractivity contribution in [3.63, 3.8) is 0 Å². The molecule has 1 N–H and O–H groups in total. The molecule has 1 saturated carbocycles. The van der Waals surface area contributed by atoms with Crippen LogP contribution in [0.2, 0.25) is 0 Å². The minimum atomic E-state index is -1.00. The Morgan fingerprint density at radius 2 is 1.64 bits per heavy atom. The number of rotatable bonds is 4. The smallest absolute Gasteiger partial charge is 0.227 e. The van der Waals surface area contributed by atoms with Crippen molar-refractivity contribution in [1.29, 1.82) is 0 Å². The molecule has 0 radical (unpaired) electrons. The van der Waals surface area contributed by atoms with Crippen molar-refractivity contribution in [3.05, 3.63) is 71.3 Å². The molecule has 6 heteroatoms. The second-order valence-electron chi connectivity index (χ2n) is 10.3. The molecule has 3 aliphatic rings. The zero-order chi connectivity index (χ0) is 23.3. The largest absolute Gasteiger partial charge is 0.384 e. The van der Waals surface area contributed by atoms with Gasteiger partial charge >= 0.3 is 0 Å². The van der Waals surface area contributed by atoms with Gasteiger partial charge in [0.1, 0.15) is 11.6 Å². The van der Waals surface area contributed by atoms with Gasteiger partial charge in [0.25, 0.3) is 0 Å². The third kappa shape index (κ3) is 3.97. The number of aliphatic hydroxyl groups is 1. The summed E-state index contributed by atoms with van der Waals surface area (Å²) in [6.45, 7) is 6.11. The number of hydrogen-bond donors (Lipinski definition) is 1. The van der Waals surface area contributed by atoms with E-state index < -0.39 is 17.2 Å². The van der Waals surface area contributed by atoms with Crippen molar-refractivity contribution in [1.82, 2.24) is 9.80 Å². The lowest BCUT2D eigenvalue weighted by Gasteiger charge is -2.48. The van der Waals surface area contributed by atoms with Crippen LogP contribution in [0, 0.1) is 29.4 Å². The summed E-state index contributed by atoms with van der Waals surface area (Å²) in [5, 5.41) is 11.6. The van der Waals surface area contributed by atoms with Gasteiger partial charge in [-0.2, -0.15) is 0 Å². The normalized spacial score (nSPS) is 32.8. The number of nitrogens with zero attached hydrogens (tertiary/aromatic N) is 2. The Kier molecular flexibility index (Phi) is 5.78. The van der Waals surface area contributed by atoms with E-state index in [0.29, 0.717) is 37.8 Å². The Hall–Kier alpha value is -2.31. The van der Waals surface area contributed by atoms with E-state index in [-0.39, 0.29) is 29.6 Å². The highest BCUT2D eigenvalue weighted by Gasteiger charge is 2.50. The molecular weight excluding hydrogens is 422 g/mol. The molecular formula is C27H32F2N2O2. The van der Waals surface area contributed by atoms with Crippen molar-refractivity contribution in [2.45, 2.75) is 44.2 Å². The SMILES string of the molecule is C[C@@H]1CN(C(=O)[C@@H]2CN(C3CC3)C[C@H]2c2ccc(F)cc2F)C[C@H](C)[C@@]1(O)c1ccccc1. The average molecular weight is 455 g/mol. The Balaban J connectivity index is 1.39. The maximum absolute atomic E-state index is 14.7. The highest BCUT2D eigenvalue weighted by molar-refractivity contribution is 5.81. The molecule has 176 valence electrons. The first-order valence-electron chi connectivity index (χ1n) is 12.0. The predicted molar refractivity (Wildman–Crippen MR) is 122 cm³/mol. The number of likely N-dealkylation sites (tertiary alicyclic amines) is 2. The Morgan fingerprint density at radius 1 is 0.970 bits per heavy atom. The first-order chi connectivity index (χ1) is 15.8. The quantitative estimate of drug-likeness (QED) is 0.755. The molecule has 2 aliphatic heterocycles. The van der Waals surface area contributed by atoms with Gasteiger partial charge in [0, 0.05) is 56.0 Å². The van der Waals surface area contributed by atoms with Crippen molar-refractivity contribution in [2.75, 3.05) is 26.2 Å². The summed E-state index contributed by atoms with van der Waals surface area (Å²) >= 11 is 0. The number of halogens is 2. The minimum Gasteiger partial charge on any atom is -0.384 e. The Labute approximate surface area is 194 Å². The minimum absolute atomic E-state index is 0.0145. The number of benzene rings is 2. The molecule has 2 heterocycles. The van der Waals surface area contributed by atoms with Crippen molar-refractivity contribution in [2.24, 2.45) is 17.8 Å². The lowest BCUT2D eigenvalue weighted by atomic mass is 9.70. The van der Waals surface area contributed by atoms with E-state index in [1.165, 1.54) is 12.1 Å². The topological polar surface area (TPSA) is 43.8 Å². The Morgan fingerprint density at radius 3 is 2.24 bits per heavy atom. The monoisotopic (exact) mass is 454 g/mol. The van der Waals surface area contributed by atoms with Crippen LogP contribution in [0.25, 0.3) is 0 Å². The molecule has 1 aliphatic carbocycles. The van der Waals surface area contributed by atoms with E-state index in [9.17, 15) is 18.7 Å². The van der Waals surface area contributed by atoms with Gasteiger partial charge in [-0.05, 0) is 30.0 Å². The molecule has 2 saturated heterocycles. The molecule has 3 fully saturated rings. The molecule has 5 rings (SSSR count). The van der Waals surface area contributed by atoms with Gasteiger partial charge in [0.05, 0.1) is 11.5 Å². The van der Waals surface area contributed by atoms with Crippen LogP contribution >= 0.6 is 0 Å². The van der Waals surface area contributed by atoms with E-state index in [1.54, 1.807) is 0 Å². The summed E-state index contributed by atoms with van der Waals surface area (Å²) in [4.78, 5) is 18.0. The van der Waals surface area contributed by atoms with Crippen LogP contribution < -0.4 is 0 Å². The number of carbonyl (C=O) groups is 1. The van der Waals surface area contributed by atoms with Crippen molar-refractivity contribution >= 4 is 5.91 Å². The first kappa shape index (κ1) is 22.5. The second kappa shape index (κ2) is 8.48. The maximum atomic E-state index is 14.7. The van der Waals surface area contributed by atoms with Crippen LogP contribution in [0.4, 0.5) is 8.78 Å². The molecule has 1 amide bonds. The Bertz CT molecular complexity index is 1010. The van der Waals surface area contributed by atoms with Crippen molar-refractivity contribution < 1.29 is 18.7 Å². The molecule has 0 aromatic heterocycles. The molecule has 33 heavy (non-hydrogen) atoms. The highest BCUT2D eigenvalue weighted by Crippen LogP contribution is 2.44. The standard InChI is InChI=1S/C27H32F2N2O2/c1-17-13-31(14-18(2)27(17,33)19-6-4-3-5-7-19)26(32)24-16-30(21-9-10-21)15-23(24)22-11-8-20(28)12-25(22)29/h3-8,11-12,17-18,21,23-24,33H,9-10,13-16H2,1-2H3/t17-,18+,23-,24+,27-/m0/s1. The second-order valence-corrected chi connectivity index (χ2v) is 10.3. The first-order valence-corrected chi connectivity index (χ1v) is 12.0. The van der Waals surface area contributed by atoms with Crippen LogP contribution in [0.15, 0.2) is 48.5 Å². The zero-order valence-corrected chi connectivity index (χ0v) is 19.3. The summed E-state index contributed by atoms with van der Waals surface area (Å²) in [6, 6.07) is 13.9. The van der Waals surface area contributed by atoms with Gasteiger partial charge in [0.15, 0.2) is 0 Å².